The standard InChI is InChI=1S/C15H17N3O2S2/c1-8-11(9-5-3-2-4-6-9)12-13(20)17-15(18-14(12)22-8)21-7-10(16)19/h2-6,12,14-15,18H,7H2,1H3,(H2,16,19)(H,17,20). The molecule has 4 N–H and O–H groups in total. The van der Waals surface area contributed by atoms with Crippen LogP contribution >= 0.6 is 23.5 Å². The largest absolute Gasteiger partial charge is 0.369 e. The maximum absolute atomic E-state index is 12.5. The number of hydrogen-bond acceptors (Lipinski definition) is 5. The summed E-state index contributed by atoms with van der Waals surface area (Å²) in [4.78, 5) is 24.6. The van der Waals surface area contributed by atoms with E-state index in [4.69, 9.17) is 5.73 Å². The highest BCUT2D eigenvalue weighted by Crippen LogP contribution is 2.47. The Balaban J connectivity index is 1.78. The van der Waals surface area contributed by atoms with Gasteiger partial charge in [0.15, 0.2) is 0 Å². The van der Waals surface area contributed by atoms with Gasteiger partial charge in [-0.1, -0.05) is 30.3 Å². The fourth-order valence-corrected chi connectivity index (χ4v) is 4.97. The molecule has 2 heterocycles. The van der Waals surface area contributed by atoms with Gasteiger partial charge >= 0.3 is 0 Å². The van der Waals surface area contributed by atoms with Crippen molar-refractivity contribution in [2.24, 2.45) is 11.7 Å². The highest BCUT2D eigenvalue weighted by molar-refractivity contribution is 8.04. The molecule has 1 aromatic rings. The van der Waals surface area contributed by atoms with Crippen molar-refractivity contribution in [3.8, 4) is 0 Å². The van der Waals surface area contributed by atoms with Crippen LogP contribution in [-0.4, -0.2) is 28.4 Å². The highest BCUT2D eigenvalue weighted by Gasteiger charge is 2.44. The zero-order valence-corrected chi connectivity index (χ0v) is 13.7. The maximum Gasteiger partial charge on any atom is 0.231 e. The van der Waals surface area contributed by atoms with Crippen LogP contribution in [0.15, 0.2) is 35.2 Å². The lowest BCUT2D eigenvalue weighted by molar-refractivity contribution is -0.125. The molecule has 3 rings (SSSR count). The minimum absolute atomic E-state index is 0.00525. The van der Waals surface area contributed by atoms with Crippen molar-refractivity contribution in [1.29, 1.82) is 0 Å². The number of amides is 2. The first-order valence-electron chi connectivity index (χ1n) is 6.95. The predicted octanol–water partition coefficient (Wildman–Crippen LogP) is 1.33. The summed E-state index contributed by atoms with van der Waals surface area (Å²) >= 11 is 2.98. The SMILES string of the molecule is CC1=C(c2ccccc2)C2C(=O)NC(SCC(N)=O)NC2S1. The monoisotopic (exact) mass is 335 g/mol. The van der Waals surface area contributed by atoms with Gasteiger partial charge in [0, 0.05) is 0 Å². The normalized spacial score (nSPS) is 27.5. The molecule has 1 fully saturated rings. The first-order chi connectivity index (χ1) is 10.6. The lowest BCUT2D eigenvalue weighted by Gasteiger charge is -2.33. The quantitative estimate of drug-likeness (QED) is 0.773. The number of allylic oxidation sites excluding steroid dienone is 1. The Labute approximate surface area is 137 Å². The molecule has 3 unspecified atom stereocenters. The summed E-state index contributed by atoms with van der Waals surface area (Å²) in [5.41, 5.74) is 7.04. The van der Waals surface area contributed by atoms with Crippen molar-refractivity contribution in [1.82, 2.24) is 10.6 Å². The number of rotatable bonds is 4. The van der Waals surface area contributed by atoms with E-state index in [2.05, 4.69) is 10.6 Å². The molecule has 0 radical (unpaired) electrons. The number of nitrogens with two attached hydrogens (primary N) is 1. The molecular weight excluding hydrogens is 318 g/mol. The molecule has 5 nitrogen and oxygen atoms in total. The van der Waals surface area contributed by atoms with E-state index in [0.29, 0.717) is 0 Å². The second-order valence-corrected chi connectivity index (χ2v) is 7.63. The van der Waals surface area contributed by atoms with Gasteiger partial charge < -0.3 is 11.1 Å². The fraction of sp³-hybridized carbons (Fsp3) is 0.333. The van der Waals surface area contributed by atoms with E-state index in [1.807, 2.05) is 37.3 Å². The number of primary amides is 1. The number of fused-ring (bicyclic) bond motifs is 1. The van der Waals surface area contributed by atoms with Crippen molar-refractivity contribution >= 4 is 40.9 Å². The number of hydrogen-bond donors (Lipinski definition) is 3. The number of benzene rings is 1. The third-order valence-corrected chi connectivity index (χ3v) is 5.92. The minimum atomic E-state index is -0.387. The number of carbonyl (C=O) groups excluding carboxylic acids is 2. The van der Waals surface area contributed by atoms with Gasteiger partial charge in [-0.25, -0.2) is 0 Å². The van der Waals surface area contributed by atoms with Crippen LogP contribution in [0.4, 0.5) is 0 Å². The molecule has 0 bridgehead atoms. The van der Waals surface area contributed by atoms with Crippen molar-refractivity contribution in [2.75, 3.05) is 5.75 Å². The summed E-state index contributed by atoms with van der Waals surface area (Å²) in [5.74, 6) is -0.425. The van der Waals surface area contributed by atoms with Gasteiger partial charge in [-0.05, 0) is 23.0 Å². The van der Waals surface area contributed by atoms with E-state index in [9.17, 15) is 9.59 Å². The first kappa shape index (κ1) is 15.5. The minimum Gasteiger partial charge on any atom is -0.369 e. The average molecular weight is 335 g/mol. The molecule has 2 aliphatic heterocycles. The van der Waals surface area contributed by atoms with Crippen LogP contribution in [0.5, 0.6) is 0 Å². The fourth-order valence-electron chi connectivity index (χ4n) is 2.76. The van der Waals surface area contributed by atoms with Gasteiger partial charge in [-0.3, -0.25) is 14.9 Å². The lowest BCUT2D eigenvalue weighted by Crippen LogP contribution is -2.58. The van der Waals surface area contributed by atoms with Crippen LogP contribution in [0.25, 0.3) is 5.57 Å². The molecule has 2 amide bonds. The molecule has 1 aromatic carbocycles. The summed E-state index contributed by atoms with van der Waals surface area (Å²) < 4.78 is 0. The second kappa shape index (κ2) is 6.36. The van der Waals surface area contributed by atoms with Crippen LogP contribution in [0, 0.1) is 5.92 Å². The Kier molecular flexibility index (Phi) is 4.46. The van der Waals surface area contributed by atoms with Crippen LogP contribution in [0.2, 0.25) is 0 Å². The van der Waals surface area contributed by atoms with E-state index < -0.39 is 0 Å². The second-order valence-electron chi connectivity index (χ2n) is 5.18. The van der Waals surface area contributed by atoms with Gasteiger partial charge in [-0.15, -0.1) is 23.5 Å². The van der Waals surface area contributed by atoms with E-state index in [1.165, 1.54) is 11.8 Å². The first-order valence-corrected chi connectivity index (χ1v) is 8.88. The Bertz CT molecular complexity index is 633. The Morgan fingerprint density at radius 1 is 1.36 bits per heavy atom. The molecule has 0 aliphatic carbocycles. The summed E-state index contributed by atoms with van der Waals surface area (Å²) in [7, 11) is 0. The summed E-state index contributed by atoms with van der Waals surface area (Å²) in [6.07, 6.45) is 0. The summed E-state index contributed by atoms with van der Waals surface area (Å²) in [6, 6.07) is 9.99. The van der Waals surface area contributed by atoms with Gasteiger partial charge in [0.2, 0.25) is 11.8 Å². The van der Waals surface area contributed by atoms with Gasteiger partial charge in [0.25, 0.3) is 0 Å². The predicted molar refractivity (Wildman–Crippen MR) is 90.6 cm³/mol. The summed E-state index contributed by atoms with van der Waals surface area (Å²) in [5, 5.41) is 6.29. The zero-order valence-electron chi connectivity index (χ0n) is 12.0. The maximum atomic E-state index is 12.5. The highest BCUT2D eigenvalue weighted by atomic mass is 32.2. The van der Waals surface area contributed by atoms with E-state index >= 15 is 0 Å². The van der Waals surface area contributed by atoms with Crippen LogP contribution in [0.1, 0.15) is 12.5 Å². The Morgan fingerprint density at radius 2 is 2.09 bits per heavy atom. The van der Waals surface area contributed by atoms with E-state index in [0.717, 1.165) is 16.0 Å². The zero-order chi connectivity index (χ0) is 15.7. The Hall–Kier alpha value is -1.44. The molecule has 0 spiro atoms. The average Bonchev–Trinajstić information content (AvgIpc) is 2.82. The molecule has 116 valence electrons. The van der Waals surface area contributed by atoms with Gasteiger partial charge in [0.1, 0.15) is 5.50 Å². The molecule has 0 saturated carbocycles. The smallest absolute Gasteiger partial charge is 0.231 e. The Morgan fingerprint density at radius 3 is 2.77 bits per heavy atom. The molecule has 3 atom stereocenters. The van der Waals surface area contributed by atoms with Crippen LogP contribution in [-0.2, 0) is 9.59 Å². The van der Waals surface area contributed by atoms with Gasteiger partial charge in [0.05, 0.1) is 17.0 Å². The topological polar surface area (TPSA) is 84.2 Å². The molecule has 7 heteroatoms. The molecule has 22 heavy (non-hydrogen) atoms. The van der Waals surface area contributed by atoms with Crippen molar-refractivity contribution in [2.45, 2.75) is 17.8 Å². The molecular formula is C15H17N3O2S2. The van der Waals surface area contributed by atoms with E-state index in [1.54, 1.807) is 11.8 Å². The molecule has 2 aliphatic rings. The van der Waals surface area contributed by atoms with E-state index in [-0.39, 0.29) is 34.4 Å². The number of carbonyl (C=O) groups is 2. The molecule has 1 saturated heterocycles. The van der Waals surface area contributed by atoms with Crippen LogP contribution < -0.4 is 16.4 Å². The lowest BCUT2D eigenvalue weighted by atomic mass is 9.90. The number of thioether (sulfide) groups is 2. The van der Waals surface area contributed by atoms with Gasteiger partial charge in [-0.2, -0.15) is 0 Å². The van der Waals surface area contributed by atoms with Crippen molar-refractivity contribution in [3.05, 3.63) is 40.8 Å². The van der Waals surface area contributed by atoms with Crippen molar-refractivity contribution < 1.29 is 9.59 Å². The molecule has 0 aromatic heterocycles. The number of nitrogens with one attached hydrogen (secondary N) is 2. The van der Waals surface area contributed by atoms with Crippen molar-refractivity contribution in [3.63, 3.8) is 0 Å². The third-order valence-electron chi connectivity index (χ3n) is 3.65. The third kappa shape index (κ3) is 3.02. The van der Waals surface area contributed by atoms with Crippen LogP contribution in [0.3, 0.4) is 0 Å². The summed E-state index contributed by atoms with van der Waals surface area (Å²) in [6.45, 7) is 2.05.